The Bertz CT molecular complexity index is 1220. The van der Waals surface area contributed by atoms with Crippen molar-refractivity contribution < 1.29 is 23.6 Å². The molecule has 3 aromatic heterocycles. The van der Waals surface area contributed by atoms with Crippen LogP contribution in [0.2, 0.25) is 0 Å². The van der Waals surface area contributed by atoms with E-state index in [1.54, 1.807) is 38.4 Å². The average Bonchev–Trinajstić information content (AvgIpc) is 3.53. The number of amides is 1. The fraction of sp³-hybridized carbons (Fsp3) is 0.391. The Morgan fingerprint density at radius 1 is 1.12 bits per heavy atom. The Balaban J connectivity index is 1.51. The number of carbonyl (C=O) groups excluding carboxylic acids is 2. The molecule has 2 N–H and O–H groups in total. The van der Waals surface area contributed by atoms with Gasteiger partial charge in [0.05, 0.1) is 48.8 Å². The summed E-state index contributed by atoms with van der Waals surface area (Å²) in [6.07, 6.45) is 3.57. The van der Waals surface area contributed by atoms with Crippen LogP contribution in [0.5, 0.6) is 5.88 Å². The standard InChI is InChI=1S/C23H26N6O5/c1-11(2)33-19-10-24-9-18(27-19)28-20-13(4)29-34-21(20)17-7-6-16(12(3)25-17)26-22(30)14-8-15(14)23(31)32-5/h6-7,9-11,14-15H,8H2,1-5H3,(H,26,30)(H,27,28). The van der Waals surface area contributed by atoms with Crippen LogP contribution in [0.3, 0.4) is 0 Å². The van der Waals surface area contributed by atoms with Gasteiger partial charge in [0.1, 0.15) is 17.1 Å². The van der Waals surface area contributed by atoms with E-state index in [9.17, 15) is 9.59 Å². The smallest absolute Gasteiger partial charge is 0.309 e. The number of hydrogen-bond donors (Lipinski definition) is 2. The minimum atomic E-state index is -0.379. The lowest BCUT2D eigenvalue weighted by atomic mass is 10.2. The summed E-state index contributed by atoms with van der Waals surface area (Å²) in [4.78, 5) is 37.2. The number of esters is 1. The van der Waals surface area contributed by atoms with Crippen LogP contribution in [-0.4, -0.2) is 45.2 Å². The number of carbonyl (C=O) groups is 2. The van der Waals surface area contributed by atoms with E-state index in [1.807, 2.05) is 13.8 Å². The number of anilines is 3. The molecule has 3 aromatic rings. The number of aryl methyl sites for hydroxylation is 2. The first-order valence-corrected chi connectivity index (χ1v) is 10.9. The number of nitrogens with one attached hydrogen (secondary N) is 2. The SMILES string of the molecule is COC(=O)C1CC1C(=O)Nc1ccc(-c2onc(C)c2Nc2cncc(OC(C)C)n2)nc1C. The molecule has 178 valence electrons. The number of aromatic nitrogens is 4. The Morgan fingerprint density at radius 3 is 2.62 bits per heavy atom. The van der Waals surface area contributed by atoms with Crippen molar-refractivity contribution in [2.45, 2.75) is 40.2 Å². The minimum Gasteiger partial charge on any atom is -0.474 e. The van der Waals surface area contributed by atoms with Gasteiger partial charge in [0, 0.05) is 0 Å². The van der Waals surface area contributed by atoms with Gasteiger partial charge in [0.25, 0.3) is 0 Å². The second kappa shape index (κ2) is 9.46. The highest BCUT2D eigenvalue weighted by Crippen LogP contribution is 2.40. The maximum absolute atomic E-state index is 12.5. The summed E-state index contributed by atoms with van der Waals surface area (Å²) in [6.45, 7) is 7.39. The largest absolute Gasteiger partial charge is 0.474 e. The van der Waals surface area contributed by atoms with Gasteiger partial charge in [0.15, 0.2) is 5.82 Å². The van der Waals surface area contributed by atoms with Crippen molar-refractivity contribution in [3.63, 3.8) is 0 Å². The van der Waals surface area contributed by atoms with Gasteiger partial charge >= 0.3 is 5.97 Å². The molecule has 0 saturated heterocycles. The molecule has 0 radical (unpaired) electrons. The molecule has 0 bridgehead atoms. The van der Waals surface area contributed by atoms with E-state index in [1.165, 1.54) is 7.11 Å². The van der Waals surface area contributed by atoms with Gasteiger partial charge in [-0.2, -0.15) is 4.98 Å². The lowest BCUT2D eigenvalue weighted by molar-refractivity contribution is -0.143. The second-order valence-electron chi connectivity index (χ2n) is 8.30. The van der Waals surface area contributed by atoms with Crippen molar-refractivity contribution in [1.82, 2.24) is 20.1 Å². The maximum atomic E-state index is 12.5. The molecule has 11 nitrogen and oxygen atoms in total. The lowest BCUT2D eigenvalue weighted by Gasteiger charge is -2.11. The normalized spacial score (nSPS) is 16.8. The molecule has 0 aliphatic heterocycles. The molecular formula is C23H26N6O5. The van der Waals surface area contributed by atoms with Crippen molar-refractivity contribution in [1.29, 1.82) is 0 Å². The van der Waals surface area contributed by atoms with Crippen LogP contribution in [0, 0.1) is 25.7 Å². The van der Waals surface area contributed by atoms with Gasteiger partial charge in [-0.05, 0) is 46.2 Å². The minimum absolute atomic E-state index is 0.0325. The number of pyridine rings is 1. The molecule has 1 fully saturated rings. The van der Waals surface area contributed by atoms with Crippen molar-refractivity contribution in [2.24, 2.45) is 11.8 Å². The molecular weight excluding hydrogens is 440 g/mol. The van der Waals surface area contributed by atoms with Gasteiger partial charge in [0.2, 0.25) is 17.5 Å². The van der Waals surface area contributed by atoms with E-state index >= 15 is 0 Å². The molecule has 34 heavy (non-hydrogen) atoms. The van der Waals surface area contributed by atoms with Crippen molar-refractivity contribution >= 4 is 29.1 Å². The summed E-state index contributed by atoms with van der Waals surface area (Å²) < 4.78 is 15.8. The lowest BCUT2D eigenvalue weighted by Crippen LogP contribution is -2.18. The summed E-state index contributed by atoms with van der Waals surface area (Å²) in [5.41, 5.74) is 2.89. The van der Waals surface area contributed by atoms with Gasteiger partial charge in [-0.15, -0.1) is 0 Å². The maximum Gasteiger partial charge on any atom is 0.309 e. The van der Waals surface area contributed by atoms with Gasteiger partial charge in [-0.3, -0.25) is 14.6 Å². The van der Waals surface area contributed by atoms with E-state index in [-0.39, 0.29) is 29.8 Å². The predicted molar refractivity (Wildman–Crippen MR) is 123 cm³/mol. The summed E-state index contributed by atoms with van der Waals surface area (Å²) in [7, 11) is 1.32. The van der Waals surface area contributed by atoms with Crippen molar-refractivity contribution in [3.8, 4) is 17.3 Å². The molecule has 2 atom stereocenters. The third kappa shape index (κ3) is 4.98. The van der Waals surface area contributed by atoms with Crippen LogP contribution in [0.1, 0.15) is 31.7 Å². The first-order valence-electron chi connectivity index (χ1n) is 10.9. The Kier molecular flexibility index (Phi) is 6.44. The summed E-state index contributed by atoms with van der Waals surface area (Å²) in [5.74, 6) is -0.0640. The number of rotatable bonds is 8. The summed E-state index contributed by atoms with van der Waals surface area (Å²) in [6, 6.07) is 3.46. The van der Waals surface area contributed by atoms with Crippen LogP contribution in [0.15, 0.2) is 29.0 Å². The predicted octanol–water partition coefficient (Wildman–Crippen LogP) is 3.42. The highest BCUT2D eigenvalue weighted by molar-refractivity contribution is 5.99. The van der Waals surface area contributed by atoms with Crippen LogP contribution in [-0.2, 0) is 14.3 Å². The first kappa shape index (κ1) is 23.1. The Hall–Kier alpha value is -4.02. The first-order chi connectivity index (χ1) is 16.3. The zero-order valence-corrected chi connectivity index (χ0v) is 19.6. The highest BCUT2D eigenvalue weighted by atomic mass is 16.5. The summed E-state index contributed by atoms with van der Waals surface area (Å²) >= 11 is 0. The number of ether oxygens (including phenoxy) is 2. The van der Waals surface area contributed by atoms with E-state index in [2.05, 4.69) is 30.7 Å². The fourth-order valence-corrected chi connectivity index (χ4v) is 3.47. The molecule has 1 saturated carbocycles. The number of methoxy groups -OCH3 is 1. The Morgan fingerprint density at radius 2 is 1.91 bits per heavy atom. The molecule has 2 unspecified atom stereocenters. The van der Waals surface area contributed by atoms with Crippen LogP contribution in [0.4, 0.5) is 17.2 Å². The van der Waals surface area contributed by atoms with E-state index < -0.39 is 0 Å². The second-order valence-corrected chi connectivity index (χ2v) is 8.30. The third-order valence-corrected chi connectivity index (χ3v) is 5.29. The van der Waals surface area contributed by atoms with Crippen LogP contribution >= 0.6 is 0 Å². The highest BCUT2D eigenvalue weighted by Gasteiger charge is 2.49. The van der Waals surface area contributed by atoms with Gasteiger partial charge in [-0.25, -0.2) is 4.98 Å². The molecule has 1 aliphatic carbocycles. The molecule has 11 heteroatoms. The molecule has 3 heterocycles. The van der Waals surface area contributed by atoms with E-state index in [4.69, 9.17) is 14.0 Å². The van der Waals surface area contributed by atoms with E-state index in [0.717, 1.165) is 0 Å². The topological polar surface area (TPSA) is 141 Å². The van der Waals surface area contributed by atoms with Crippen molar-refractivity contribution in [3.05, 3.63) is 35.9 Å². The van der Waals surface area contributed by atoms with Crippen LogP contribution < -0.4 is 15.4 Å². The van der Waals surface area contributed by atoms with E-state index in [0.29, 0.717) is 52.3 Å². The molecule has 4 rings (SSSR count). The Labute approximate surface area is 196 Å². The molecule has 1 amide bonds. The zero-order valence-electron chi connectivity index (χ0n) is 19.6. The number of hydrogen-bond acceptors (Lipinski definition) is 10. The molecule has 0 aromatic carbocycles. The zero-order chi connectivity index (χ0) is 24.4. The fourth-order valence-electron chi connectivity index (χ4n) is 3.47. The monoisotopic (exact) mass is 466 g/mol. The van der Waals surface area contributed by atoms with Crippen LogP contribution in [0.25, 0.3) is 11.5 Å². The van der Waals surface area contributed by atoms with Gasteiger partial charge < -0.3 is 24.6 Å². The van der Waals surface area contributed by atoms with Gasteiger partial charge in [-0.1, -0.05) is 5.16 Å². The number of nitrogens with zero attached hydrogens (tertiary/aromatic N) is 4. The molecule has 0 spiro atoms. The third-order valence-electron chi connectivity index (χ3n) is 5.29. The molecule has 1 aliphatic rings. The van der Waals surface area contributed by atoms with Crippen molar-refractivity contribution in [2.75, 3.05) is 17.7 Å². The summed E-state index contributed by atoms with van der Waals surface area (Å²) in [5, 5.41) is 10.1. The average molecular weight is 466 g/mol. The quantitative estimate of drug-likeness (QED) is 0.474.